The van der Waals surface area contributed by atoms with Gasteiger partial charge in [0.2, 0.25) is 3.79 Å². The fraction of sp³-hybridized carbons (Fsp3) is 0.500. The van der Waals surface area contributed by atoms with E-state index in [1.54, 1.807) is 6.20 Å². The average Bonchev–Trinajstić information content (AvgIpc) is 2.15. The van der Waals surface area contributed by atoms with Gasteiger partial charge in [-0.15, -0.1) is 11.6 Å². The SMILES string of the molecule is CCc1nc(C(Cl)(Cl)Cl)ncc1CCl. The van der Waals surface area contributed by atoms with Gasteiger partial charge in [0, 0.05) is 17.5 Å². The second-order valence-corrected chi connectivity index (χ2v) is 5.20. The third-order valence-electron chi connectivity index (χ3n) is 1.69. The molecule has 0 saturated heterocycles. The van der Waals surface area contributed by atoms with Crippen molar-refractivity contribution in [2.45, 2.75) is 23.0 Å². The van der Waals surface area contributed by atoms with Crippen molar-refractivity contribution in [3.05, 3.63) is 23.3 Å². The first kappa shape index (κ1) is 12.3. The maximum absolute atomic E-state index is 5.70. The number of hydrogen-bond acceptors (Lipinski definition) is 2. The first-order chi connectivity index (χ1) is 6.49. The lowest BCUT2D eigenvalue weighted by Crippen LogP contribution is -2.10. The molecule has 0 radical (unpaired) electrons. The molecule has 14 heavy (non-hydrogen) atoms. The molecule has 0 N–H and O–H groups in total. The van der Waals surface area contributed by atoms with Crippen LogP contribution in [0, 0.1) is 0 Å². The van der Waals surface area contributed by atoms with E-state index < -0.39 is 3.79 Å². The molecule has 2 nitrogen and oxygen atoms in total. The van der Waals surface area contributed by atoms with Crippen LogP contribution in [0.1, 0.15) is 24.0 Å². The van der Waals surface area contributed by atoms with Crippen molar-refractivity contribution in [2.75, 3.05) is 0 Å². The van der Waals surface area contributed by atoms with Crippen LogP contribution in [0.5, 0.6) is 0 Å². The molecule has 0 atom stereocenters. The summed E-state index contributed by atoms with van der Waals surface area (Å²) in [6.07, 6.45) is 2.33. The van der Waals surface area contributed by atoms with Crippen LogP contribution in [-0.2, 0) is 16.1 Å². The van der Waals surface area contributed by atoms with Crippen molar-refractivity contribution >= 4 is 46.4 Å². The standard InChI is InChI=1S/C8H8Cl4N2/c1-2-6-5(3-9)4-13-7(14-6)8(10,11)12/h4H,2-3H2,1H3. The number of nitrogens with zero attached hydrogens (tertiary/aromatic N) is 2. The zero-order valence-electron chi connectivity index (χ0n) is 7.40. The van der Waals surface area contributed by atoms with E-state index in [0.717, 1.165) is 17.7 Å². The Bertz CT molecular complexity index is 322. The highest BCUT2D eigenvalue weighted by molar-refractivity contribution is 6.66. The first-order valence-electron chi connectivity index (χ1n) is 3.97. The molecule has 0 aliphatic rings. The zero-order chi connectivity index (χ0) is 10.8. The summed E-state index contributed by atoms with van der Waals surface area (Å²) >= 11 is 22.7. The van der Waals surface area contributed by atoms with Crippen LogP contribution in [0.3, 0.4) is 0 Å². The van der Waals surface area contributed by atoms with Crippen LogP contribution in [0.25, 0.3) is 0 Å². The predicted octanol–water partition coefficient (Wildman–Crippen LogP) is 3.60. The van der Waals surface area contributed by atoms with Gasteiger partial charge < -0.3 is 0 Å². The molecule has 0 saturated carbocycles. The molecule has 0 spiro atoms. The topological polar surface area (TPSA) is 25.8 Å². The second kappa shape index (κ2) is 4.84. The average molecular weight is 274 g/mol. The highest BCUT2D eigenvalue weighted by Gasteiger charge is 2.27. The van der Waals surface area contributed by atoms with Gasteiger partial charge in [0.15, 0.2) is 5.82 Å². The van der Waals surface area contributed by atoms with E-state index in [1.807, 2.05) is 6.92 Å². The third kappa shape index (κ3) is 2.86. The number of aromatic nitrogens is 2. The fourth-order valence-electron chi connectivity index (χ4n) is 0.996. The summed E-state index contributed by atoms with van der Waals surface area (Å²) < 4.78 is -1.57. The Morgan fingerprint density at radius 1 is 1.36 bits per heavy atom. The van der Waals surface area contributed by atoms with E-state index in [0.29, 0.717) is 5.88 Å². The summed E-state index contributed by atoms with van der Waals surface area (Å²) in [7, 11) is 0. The van der Waals surface area contributed by atoms with Crippen molar-refractivity contribution in [3.8, 4) is 0 Å². The highest BCUT2D eigenvalue weighted by Crippen LogP contribution is 2.35. The number of hydrogen-bond donors (Lipinski definition) is 0. The second-order valence-electron chi connectivity index (χ2n) is 2.65. The Morgan fingerprint density at radius 2 is 2.00 bits per heavy atom. The van der Waals surface area contributed by atoms with E-state index in [2.05, 4.69) is 9.97 Å². The van der Waals surface area contributed by atoms with Gasteiger partial charge in [-0.3, -0.25) is 0 Å². The predicted molar refractivity (Wildman–Crippen MR) is 60.2 cm³/mol. The quantitative estimate of drug-likeness (QED) is 0.770. The molecule has 0 amide bonds. The van der Waals surface area contributed by atoms with Crippen molar-refractivity contribution < 1.29 is 0 Å². The number of alkyl halides is 4. The van der Waals surface area contributed by atoms with E-state index >= 15 is 0 Å². The van der Waals surface area contributed by atoms with Gasteiger partial charge in [0.1, 0.15) is 0 Å². The summed E-state index contributed by atoms with van der Waals surface area (Å²) in [6, 6.07) is 0. The van der Waals surface area contributed by atoms with Crippen molar-refractivity contribution in [1.29, 1.82) is 0 Å². The van der Waals surface area contributed by atoms with Crippen molar-refractivity contribution in [1.82, 2.24) is 9.97 Å². The molecule has 0 unspecified atom stereocenters. The Hall–Kier alpha value is 0.240. The van der Waals surface area contributed by atoms with Gasteiger partial charge in [-0.2, -0.15) is 0 Å². The zero-order valence-corrected chi connectivity index (χ0v) is 10.4. The van der Waals surface area contributed by atoms with Crippen LogP contribution in [0.2, 0.25) is 0 Å². The minimum atomic E-state index is -1.57. The normalized spacial score (nSPS) is 11.8. The van der Waals surface area contributed by atoms with Crippen LogP contribution in [0.15, 0.2) is 6.20 Å². The summed E-state index contributed by atoms with van der Waals surface area (Å²) in [5.74, 6) is 0.553. The molecule has 78 valence electrons. The minimum Gasteiger partial charge on any atom is -0.237 e. The number of halogens is 4. The van der Waals surface area contributed by atoms with Gasteiger partial charge >= 0.3 is 0 Å². The van der Waals surface area contributed by atoms with Gasteiger partial charge in [0.25, 0.3) is 0 Å². The van der Waals surface area contributed by atoms with Crippen LogP contribution < -0.4 is 0 Å². The summed E-state index contributed by atoms with van der Waals surface area (Å²) in [6.45, 7) is 1.96. The molecular weight excluding hydrogens is 266 g/mol. The highest BCUT2D eigenvalue weighted by atomic mass is 35.6. The molecule has 0 aliphatic heterocycles. The molecule has 0 fully saturated rings. The van der Waals surface area contributed by atoms with E-state index in [9.17, 15) is 0 Å². The largest absolute Gasteiger partial charge is 0.250 e. The molecule has 0 aliphatic carbocycles. The van der Waals surface area contributed by atoms with Crippen LogP contribution in [0.4, 0.5) is 0 Å². The lowest BCUT2D eigenvalue weighted by atomic mass is 10.2. The number of aryl methyl sites for hydroxylation is 1. The third-order valence-corrected chi connectivity index (χ3v) is 2.48. The minimum absolute atomic E-state index is 0.188. The van der Waals surface area contributed by atoms with Crippen LogP contribution in [-0.4, -0.2) is 9.97 Å². The molecule has 0 aromatic carbocycles. The molecule has 1 aromatic rings. The Balaban J connectivity index is 3.14. The van der Waals surface area contributed by atoms with Gasteiger partial charge in [-0.05, 0) is 6.42 Å². The summed E-state index contributed by atoms with van der Waals surface area (Å²) in [4.78, 5) is 8.08. The molecule has 1 aromatic heterocycles. The Labute approximate surface area is 103 Å². The fourth-order valence-corrected chi connectivity index (χ4v) is 1.49. The maximum atomic E-state index is 5.70. The van der Waals surface area contributed by atoms with Crippen molar-refractivity contribution in [3.63, 3.8) is 0 Å². The summed E-state index contributed by atoms with van der Waals surface area (Å²) in [5, 5.41) is 0. The molecule has 1 rings (SSSR count). The van der Waals surface area contributed by atoms with Gasteiger partial charge in [0.05, 0.1) is 5.88 Å². The van der Waals surface area contributed by atoms with E-state index in [1.165, 1.54) is 0 Å². The number of rotatable bonds is 2. The first-order valence-corrected chi connectivity index (χ1v) is 5.63. The van der Waals surface area contributed by atoms with E-state index in [-0.39, 0.29) is 5.82 Å². The Kier molecular flexibility index (Phi) is 4.26. The van der Waals surface area contributed by atoms with Gasteiger partial charge in [-0.1, -0.05) is 41.7 Å². The van der Waals surface area contributed by atoms with E-state index in [4.69, 9.17) is 46.4 Å². The van der Waals surface area contributed by atoms with Crippen LogP contribution >= 0.6 is 46.4 Å². The molecular formula is C8H8Cl4N2. The van der Waals surface area contributed by atoms with Crippen molar-refractivity contribution in [2.24, 2.45) is 0 Å². The van der Waals surface area contributed by atoms with Gasteiger partial charge in [-0.25, -0.2) is 9.97 Å². The lowest BCUT2D eigenvalue weighted by molar-refractivity contribution is 0.882. The monoisotopic (exact) mass is 272 g/mol. The molecule has 6 heteroatoms. The maximum Gasteiger partial charge on any atom is 0.250 e. The molecule has 1 heterocycles. The Morgan fingerprint density at radius 3 is 2.43 bits per heavy atom. The lowest BCUT2D eigenvalue weighted by Gasteiger charge is -2.11. The molecule has 0 bridgehead atoms. The smallest absolute Gasteiger partial charge is 0.237 e. The summed E-state index contributed by atoms with van der Waals surface area (Å²) in [5.41, 5.74) is 1.68.